The fourth-order valence-electron chi connectivity index (χ4n) is 3.28. The van der Waals surface area contributed by atoms with E-state index in [1.807, 2.05) is 0 Å². The van der Waals surface area contributed by atoms with Gasteiger partial charge in [0, 0.05) is 25.8 Å². The lowest BCUT2D eigenvalue weighted by atomic mass is 9.85. The Labute approximate surface area is 143 Å². The molecule has 0 unspecified atom stereocenters. The highest BCUT2D eigenvalue weighted by atomic mass is 32.2. The maximum Gasteiger partial charge on any atom is 0.250 e. The van der Waals surface area contributed by atoms with Crippen LogP contribution in [0, 0.1) is 5.92 Å². The van der Waals surface area contributed by atoms with Crippen LogP contribution >= 0.6 is 11.3 Å². The molecule has 2 aliphatic rings. The standard InChI is InChI=1S/C16H26N2O3S2/c1-21-11-8-16(17-23(19,20)15-3-2-12-22-15)6-9-18(10-7-16)13-14-4-5-14/h2-3,12,14,17H,4-11,13H2,1H3. The van der Waals surface area contributed by atoms with Crippen LogP contribution in [-0.2, 0) is 14.8 Å². The molecular weight excluding hydrogens is 332 g/mol. The third kappa shape index (κ3) is 4.54. The van der Waals surface area contributed by atoms with Crippen LogP contribution in [0.1, 0.15) is 32.1 Å². The van der Waals surface area contributed by atoms with Gasteiger partial charge in [0.25, 0.3) is 10.0 Å². The van der Waals surface area contributed by atoms with E-state index in [-0.39, 0.29) is 5.54 Å². The van der Waals surface area contributed by atoms with Crippen LogP contribution in [0.5, 0.6) is 0 Å². The molecule has 2 heterocycles. The van der Waals surface area contributed by atoms with Gasteiger partial charge in [-0.15, -0.1) is 11.3 Å². The predicted molar refractivity (Wildman–Crippen MR) is 92.3 cm³/mol. The lowest BCUT2D eigenvalue weighted by molar-refractivity contribution is 0.105. The lowest BCUT2D eigenvalue weighted by Gasteiger charge is -2.42. The molecule has 23 heavy (non-hydrogen) atoms. The van der Waals surface area contributed by atoms with E-state index in [0.717, 1.165) is 38.3 Å². The Balaban J connectivity index is 1.67. The first-order valence-corrected chi connectivity index (χ1v) is 10.7. The summed E-state index contributed by atoms with van der Waals surface area (Å²) >= 11 is 1.27. The molecule has 7 heteroatoms. The van der Waals surface area contributed by atoms with Gasteiger partial charge in [-0.25, -0.2) is 13.1 Å². The number of nitrogens with zero attached hydrogens (tertiary/aromatic N) is 1. The summed E-state index contributed by atoms with van der Waals surface area (Å²) in [6.45, 7) is 3.69. The van der Waals surface area contributed by atoms with Gasteiger partial charge in [-0.1, -0.05) is 6.07 Å². The Morgan fingerprint density at radius 3 is 2.70 bits per heavy atom. The number of nitrogens with one attached hydrogen (secondary N) is 1. The summed E-state index contributed by atoms with van der Waals surface area (Å²) < 4.78 is 33.9. The molecule has 1 aliphatic heterocycles. The summed E-state index contributed by atoms with van der Waals surface area (Å²) in [6, 6.07) is 3.44. The highest BCUT2D eigenvalue weighted by Crippen LogP contribution is 2.33. The molecule has 0 radical (unpaired) electrons. The second kappa shape index (κ2) is 7.19. The first-order chi connectivity index (χ1) is 11.0. The van der Waals surface area contributed by atoms with Crippen molar-refractivity contribution in [3.63, 3.8) is 0 Å². The van der Waals surface area contributed by atoms with Crippen LogP contribution in [0.15, 0.2) is 21.7 Å². The topological polar surface area (TPSA) is 58.6 Å². The van der Waals surface area contributed by atoms with Crippen molar-refractivity contribution >= 4 is 21.4 Å². The fourth-order valence-corrected chi connectivity index (χ4v) is 5.76. The lowest BCUT2D eigenvalue weighted by Crippen LogP contribution is -2.55. The molecule has 1 aromatic heterocycles. The SMILES string of the molecule is COCCC1(NS(=O)(=O)c2cccs2)CCN(CC2CC2)CC1. The molecule has 3 rings (SSSR count). The van der Waals surface area contributed by atoms with Gasteiger partial charge in [0.15, 0.2) is 0 Å². The summed E-state index contributed by atoms with van der Waals surface area (Å²) in [5, 5.41) is 1.80. The Morgan fingerprint density at radius 1 is 1.39 bits per heavy atom. The van der Waals surface area contributed by atoms with Crippen molar-refractivity contribution in [2.45, 2.75) is 41.9 Å². The van der Waals surface area contributed by atoms with Gasteiger partial charge in [0.1, 0.15) is 4.21 Å². The number of likely N-dealkylation sites (tertiary alicyclic amines) is 1. The number of thiophene rings is 1. The molecule has 0 aromatic carbocycles. The second-order valence-corrected chi connectivity index (χ2v) is 9.66. The van der Waals surface area contributed by atoms with E-state index < -0.39 is 10.0 Å². The monoisotopic (exact) mass is 358 g/mol. The third-order valence-corrected chi connectivity index (χ3v) is 7.90. The number of methoxy groups -OCH3 is 1. The molecule has 1 aromatic rings. The van der Waals surface area contributed by atoms with E-state index in [0.29, 0.717) is 10.8 Å². The molecule has 0 spiro atoms. The Bertz CT molecular complexity index is 589. The molecule has 1 saturated carbocycles. The molecule has 1 aliphatic carbocycles. The summed E-state index contributed by atoms with van der Waals surface area (Å²) in [4.78, 5) is 2.49. The number of sulfonamides is 1. The minimum atomic E-state index is -3.44. The Kier molecular flexibility index (Phi) is 5.42. The molecule has 5 nitrogen and oxygen atoms in total. The van der Waals surface area contributed by atoms with Crippen LogP contribution in [0.4, 0.5) is 0 Å². The van der Waals surface area contributed by atoms with Crippen LogP contribution in [-0.4, -0.2) is 52.2 Å². The predicted octanol–water partition coefficient (Wildman–Crippen LogP) is 2.31. The quantitative estimate of drug-likeness (QED) is 0.775. The van der Waals surface area contributed by atoms with Crippen molar-refractivity contribution in [3.05, 3.63) is 17.5 Å². The fraction of sp³-hybridized carbons (Fsp3) is 0.750. The molecule has 2 fully saturated rings. The molecule has 0 amide bonds. The Hall–Kier alpha value is -0.470. The van der Waals surface area contributed by atoms with E-state index >= 15 is 0 Å². The molecule has 1 saturated heterocycles. The molecular formula is C16H26N2O3S2. The molecule has 0 atom stereocenters. The second-order valence-electron chi connectivity index (χ2n) is 6.80. The van der Waals surface area contributed by atoms with E-state index in [9.17, 15) is 8.42 Å². The minimum absolute atomic E-state index is 0.376. The maximum absolute atomic E-state index is 12.6. The van der Waals surface area contributed by atoms with E-state index in [1.165, 1.54) is 30.7 Å². The van der Waals surface area contributed by atoms with Gasteiger partial charge in [-0.05, 0) is 62.6 Å². The van der Waals surface area contributed by atoms with E-state index in [4.69, 9.17) is 4.74 Å². The molecule has 1 N–H and O–H groups in total. The number of rotatable bonds is 8. The number of hydrogen-bond acceptors (Lipinski definition) is 5. The van der Waals surface area contributed by atoms with Crippen molar-refractivity contribution in [2.24, 2.45) is 5.92 Å². The largest absolute Gasteiger partial charge is 0.385 e. The zero-order valence-corrected chi connectivity index (χ0v) is 15.3. The highest BCUT2D eigenvalue weighted by Gasteiger charge is 2.39. The van der Waals surface area contributed by atoms with Crippen LogP contribution in [0.3, 0.4) is 0 Å². The van der Waals surface area contributed by atoms with Gasteiger partial charge >= 0.3 is 0 Å². The van der Waals surface area contributed by atoms with Crippen molar-refractivity contribution in [1.82, 2.24) is 9.62 Å². The van der Waals surface area contributed by atoms with Crippen molar-refractivity contribution in [1.29, 1.82) is 0 Å². The number of hydrogen-bond donors (Lipinski definition) is 1. The third-order valence-electron chi connectivity index (χ3n) is 4.92. The number of ether oxygens (including phenoxy) is 1. The normalized spacial score (nSPS) is 22.3. The molecule has 130 valence electrons. The summed E-state index contributed by atoms with van der Waals surface area (Å²) in [5.41, 5.74) is -0.376. The van der Waals surface area contributed by atoms with E-state index in [1.54, 1.807) is 24.6 Å². The van der Waals surface area contributed by atoms with Gasteiger partial charge in [-0.3, -0.25) is 0 Å². The Morgan fingerprint density at radius 2 is 2.13 bits per heavy atom. The van der Waals surface area contributed by atoms with Crippen molar-refractivity contribution in [3.8, 4) is 0 Å². The van der Waals surface area contributed by atoms with E-state index in [2.05, 4.69) is 9.62 Å². The van der Waals surface area contributed by atoms with Gasteiger partial charge in [-0.2, -0.15) is 0 Å². The van der Waals surface area contributed by atoms with Crippen LogP contribution in [0.25, 0.3) is 0 Å². The highest BCUT2D eigenvalue weighted by molar-refractivity contribution is 7.91. The maximum atomic E-state index is 12.6. The van der Waals surface area contributed by atoms with Gasteiger partial charge < -0.3 is 9.64 Å². The first-order valence-electron chi connectivity index (χ1n) is 8.32. The zero-order valence-electron chi connectivity index (χ0n) is 13.7. The van der Waals surface area contributed by atoms with Crippen molar-refractivity contribution < 1.29 is 13.2 Å². The summed E-state index contributed by atoms with van der Waals surface area (Å²) in [7, 11) is -1.77. The minimum Gasteiger partial charge on any atom is -0.385 e. The molecule has 0 bridgehead atoms. The summed E-state index contributed by atoms with van der Waals surface area (Å²) in [5.74, 6) is 0.879. The average molecular weight is 359 g/mol. The smallest absolute Gasteiger partial charge is 0.250 e. The zero-order chi connectivity index (χ0) is 16.3. The number of piperidine rings is 1. The van der Waals surface area contributed by atoms with Crippen LogP contribution < -0.4 is 4.72 Å². The van der Waals surface area contributed by atoms with Gasteiger partial charge in [0.05, 0.1) is 0 Å². The summed E-state index contributed by atoms with van der Waals surface area (Å²) in [6.07, 6.45) is 5.15. The first kappa shape index (κ1) is 17.4. The van der Waals surface area contributed by atoms with Gasteiger partial charge in [0.2, 0.25) is 0 Å². The average Bonchev–Trinajstić information content (AvgIpc) is 3.15. The van der Waals surface area contributed by atoms with Crippen LogP contribution in [0.2, 0.25) is 0 Å². The van der Waals surface area contributed by atoms with Crippen molar-refractivity contribution in [2.75, 3.05) is 33.4 Å².